The Hall–Kier alpha value is -3.28. The van der Waals surface area contributed by atoms with E-state index in [-0.39, 0.29) is 17.9 Å². The number of piperidine rings is 1. The van der Waals surface area contributed by atoms with Crippen molar-refractivity contribution in [3.63, 3.8) is 0 Å². The standard InChI is InChI=1S/C23H25N5O/c1-17(18-7-3-2-4-8-18)25-23(29)20-10-6-14-28(16-20)22-12-11-21(26-27-22)19-9-5-13-24-15-19/h2-5,7-9,11-13,15,17,20H,6,10,14,16H2,1H3,(H,25,29). The van der Waals surface area contributed by atoms with E-state index in [1.54, 1.807) is 12.4 Å². The van der Waals surface area contributed by atoms with Crippen molar-refractivity contribution in [3.8, 4) is 11.3 Å². The molecule has 0 spiro atoms. The lowest BCUT2D eigenvalue weighted by atomic mass is 9.96. The van der Waals surface area contributed by atoms with Gasteiger partial charge in [-0.25, -0.2) is 0 Å². The van der Waals surface area contributed by atoms with E-state index >= 15 is 0 Å². The topological polar surface area (TPSA) is 71.0 Å². The Kier molecular flexibility index (Phi) is 5.79. The molecule has 1 fully saturated rings. The average Bonchev–Trinajstić information content (AvgIpc) is 2.80. The highest BCUT2D eigenvalue weighted by molar-refractivity contribution is 5.80. The third-order valence-corrected chi connectivity index (χ3v) is 5.38. The highest BCUT2D eigenvalue weighted by atomic mass is 16.2. The average molecular weight is 387 g/mol. The zero-order valence-corrected chi connectivity index (χ0v) is 16.5. The SMILES string of the molecule is CC(NC(=O)C1CCCN(c2ccc(-c3cccnc3)nn2)C1)c1ccccc1. The van der Waals surface area contributed by atoms with Crippen LogP contribution in [0.2, 0.25) is 0 Å². The first-order chi connectivity index (χ1) is 14.2. The Balaban J connectivity index is 1.39. The first-order valence-corrected chi connectivity index (χ1v) is 10.0. The number of hydrogen-bond acceptors (Lipinski definition) is 5. The lowest BCUT2D eigenvalue weighted by Crippen LogP contribution is -2.44. The molecule has 4 rings (SSSR count). The van der Waals surface area contributed by atoms with Gasteiger partial charge in [-0.05, 0) is 49.6 Å². The molecule has 1 aliphatic rings. The summed E-state index contributed by atoms with van der Waals surface area (Å²) in [6.45, 7) is 3.57. The van der Waals surface area contributed by atoms with Crippen LogP contribution in [0.25, 0.3) is 11.3 Å². The number of aromatic nitrogens is 3. The van der Waals surface area contributed by atoms with Crippen LogP contribution in [0.3, 0.4) is 0 Å². The minimum atomic E-state index is -0.0466. The van der Waals surface area contributed by atoms with Crippen LogP contribution in [0.4, 0.5) is 5.82 Å². The van der Waals surface area contributed by atoms with Crippen LogP contribution >= 0.6 is 0 Å². The second-order valence-corrected chi connectivity index (χ2v) is 7.44. The van der Waals surface area contributed by atoms with Gasteiger partial charge in [0.05, 0.1) is 17.7 Å². The van der Waals surface area contributed by atoms with E-state index in [9.17, 15) is 4.79 Å². The maximum absolute atomic E-state index is 12.8. The molecule has 6 nitrogen and oxygen atoms in total. The number of nitrogens with one attached hydrogen (secondary N) is 1. The van der Waals surface area contributed by atoms with Crippen LogP contribution in [-0.2, 0) is 4.79 Å². The minimum absolute atomic E-state index is 0.00219. The van der Waals surface area contributed by atoms with Crippen molar-refractivity contribution >= 4 is 11.7 Å². The molecule has 2 aromatic heterocycles. The summed E-state index contributed by atoms with van der Waals surface area (Å²) in [4.78, 5) is 19.1. The molecule has 3 aromatic rings. The van der Waals surface area contributed by atoms with Gasteiger partial charge in [0.25, 0.3) is 0 Å². The van der Waals surface area contributed by atoms with E-state index in [1.165, 1.54) is 0 Å². The van der Waals surface area contributed by atoms with Gasteiger partial charge < -0.3 is 10.2 Å². The van der Waals surface area contributed by atoms with Gasteiger partial charge in [0.2, 0.25) is 5.91 Å². The lowest BCUT2D eigenvalue weighted by molar-refractivity contribution is -0.125. The fourth-order valence-electron chi connectivity index (χ4n) is 3.72. The van der Waals surface area contributed by atoms with E-state index in [1.807, 2.05) is 61.5 Å². The predicted octanol–water partition coefficient (Wildman–Crippen LogP) is 3.63. The molecular formula is C23H25N5O. The molecule has 2 unspecified atom stereocenters. The molecule has 1 amide bonds. The molecule has 29 heavy (non-hydrogen) atoms. The molecular weight excluding hydrogens is 362 g/mol. The summed E-state index contributed by atoms with van der Waals surface area (Å²) in [5, 5.41) is 11.9. The maximum atomic E-state index is 12.8. The Morgan fingerprint density at radius 2 is 1.97 bits per heavy atom. The van der Waals surface area contributed by atoms with Crippen molar-refractivity contribution in [2.75, 3.05) is 18.0 Å². The number of benzene rings is 1. The number of hydrogen-bond donors (Lipinski definition) is 1. The Morgan fingerprint density at radius 3 is 2.69 bits per heavy atom. The van der Waals surface area contributed by atoms with Crippen LogP contribution in [0, 0.1) is 5.92 Å². The van der Waals surface area contributed by atoms with E-state index < -0.39 is 0 Å². The highest BCUT2D eigenvalue weighted by Crippen LogP contribution is 2.24. The Labute approximate surface area is 171 Å². The van der Waals surface area contributed by atoms with Crippen LogP contribution in [0.5, 0.6) is 0 Å². The molecule has 0 saturated carbocycles. The third kappa shape index (κ3) is 4.59. The number of nitrogens with zero attached hydrogens (tertiary/aromatic N) is 4. The first-order valence-electron chi connectivity index (χ1n) is 10.0. The van der Waals surface area contributed by atoms with Crippen molar-refractivity contribution in [2.24, 2.45) is 5.92 Å². The van der Waals surface area contributed by atoms with Gasteiger partial charge in [-0.3, -0.25) is 9.78 Å². The second-order valence-electron chi connectivity index (χ2n) is 7.44. The van der Waals surface area contributed by atoms with E-state index in [0.29, 0.717) is 6.54 Å². The largest absolute Gasteiger partial charge is 0.354 e. The summed E-state index contributed by atoms with van der Waals surface area (Å²) >= 11 is 0. The van der Waals surface area contributed by atoms with Gasteiger partial charge >= 0.3 is 0 Å². The van der Waals surface area contributed by atoms with Crippen LogP contribution < -0.4 is 10.2 Å². The minimum Gasteiger partial charge on any atom is -0.354 e. The zero-order chi connectivity index (χ0) is 20.1. The van der Waals surface area contributed by atoms with Crippen molar-refractivity contribution < 1.29 is 4.79 Å². The van der Waals surface area contributed by atoms with Crippen molar-refractivity contribution in [3.05, 3.63) is 72.6 Å². The van der Waals surface area contributed by atoms with E-state index in [0.717, 1.165) is 42.0 Å². The summed E-state index contributed by atoms with van der Waals surface area (Å²) < 4.78 is 0. The van der Waals surface area contributed by atoms with E-state index in [4.69, 9.17) is 0 Å². The zero-order valence-electron chi connectivity index (χ0n) is 16.5. The van der Waals surface area contributed by atoms with Crippen LogP contribution in [-0.4, -0.2) is 34.2 Å². The summed E-state index contributed by atoms with van der Waals surface area (Å²) in [5.74, 6) is 0.868. The van der Waals surface area contributed by atoms with Gasteiger partial charge in [0.15, 0.2) is 5.82 Å². The molecule has 1 aliphatic heterocycles. The van der Waals surface area contributed by atoms with Crippen molar-refractivity contribution in [2.45, 2.75) is 25.8 Å². The number of pyridine rings is 1. The van der Waals surface area contributed by atoms with Crippen LogP contribution in [0.15, 0.2) is 67.0 Å². The molecule has 0 radical (unpaired) electrons. The number of amides is 1. The molecule has 1 N–H and O–H groups in total. The normalized spacial score (nSPS) is 17.6. The quantitative estimate of drug-likeness (QED) is 0.724. The highest BCUT2D eigenvalue weighted by Gasteiger charge is 2.27. The molecule has 1 aromatic carbocycles. The molecule has 2 atom stereocenters. The van der Waals surface area contributed by atoms with Gasteiger partial charge in [-0.2, -0.15) is 0 Å². The molecule has 148 valence electrons. The van der Waals surface area contributed by atoms with Crippen molar-refractivity contribution in [1.29, 1.82) is 0 Å². The number of carbonyl (C=O) groups excluding carboxylic acids is 1. The van der Waals surface area contributed by atoms with Gasteiger partial charge in [0, 0.05) is 31.0 Å². The van der Waals surface area contributed by atoms with Crippen LogP contribution in [0.1, 0.15) is 31.4 Å². The molecule has 0 bridgehead atoms. The van der Waals surface area contributed by atoms with E-state index in [2.05, 4.69) is 25.4 Å². The molecule has 3 heterocycles. The predicted molar refractivity (Wildman–Crippen MR) is 113 cm³/mol. The summed E-state index contributed by atoms with van der Waals surface area (Å²) in [5.41, 5.74) is 2.85. The lowest BCUT2D eigenvalue weighted by Gasteiger charge is -2.33. The third-order valence-electron chi connectivity index (χ3n) is 5.38. The Morgan fingerprint density at radius 1 is 1.10 bits per heavy atom. The number of carbonyl (C=O) groups is 1. The summed E-state index contributed by atoms with van der Waals surface area (Å²) in [6.07, 6.45) is 5.37. The molecule has 6 heteroatoms. The summed E-state index contributed by atoms with van der Waals surface area (Å²) in [7, 11) is 0. The number of anilines is 1. The Bertz CT molecular complexity index is 931. The first kappa shape index (κ1) is 19.1. The fourth-order valence-corrected chi connectivity index (χ4v) is 3.72. The van der Waals surface area contributed by atoms with Gasteiger partial charge in [-0.15, -0.1) is 10.2 Å². The maximum Gasteiger partial charge on any atom is 0.225 e. The molecule has 0 aliphatic carbocycles. The second kappa shape index (κ2) is 8.82. The van der Waals surface area contributed by atoms with Crippen molar-refractivity contribution in [1.82, 2.24) is 20.5 Å². The monoisotopic (exact) mass is 387 g/mol. The smallest absolute Gasteiger partial charge is 0.225 e. The fraction of sp³-hybridized carbons (Fsp3) is 0.304. The van der Waals surface area contributed by atoms with Gasteiger partial charge in [0.1, 0.15) is 0 Å². The number of rotatable bonds is 5. The van der Waals surface area contributed by atoms with Gasteiger partial charge in [-0.1, -0.05) is 30.3 Å². The summed E-state index contributed by atoms with van der Waals surface area (Å²) in [6, 6.07) is 17.8. The molecule has 1 saturated heterocycles.